The molecule has 2 aromatic heterocycles. The number of aryl methyl sites for hydroxylation is 1. The zero-order valence-corrected chi connectivity index (χ0v) is 17.9. The first kappa shape index (κ1) is 20.4. The van der Waals surface area contributed by atoms with Gasteiger partial charge in [0.1, 0.15) is 5.60 Å². The van der Waals surface area contributed by atoms with Crippen LogP contribution in [0.5, 0.6) is 0 Å². The molecule has 1 aliphatic carbocycles. The minimum Gasteiger partial charge on any atom is -0.388 e. The lowest BCUT2D eigenvalue weighted by Gasteiger charge is -2.31. The van der Waals surface area contributed by atoms with Gasteiger partial charge in [0.25, 0.3) is 0 Å². The number of hydrogen-bond donors (Lipinski definition) is 2. The maximum Gasteiger partial charge on any atom is 0.159 e. The minimum atomic E-state index is -0.134. The normalized spacial score (nSPS) is 21.6. The number of piperidine rings is 1. The molecule has 0 amide bonds. The molecule has 1 saturated heterocycles. The quantitative estimate of drug-likeness (QED) is 0.788. The van der Waals surface area contributed by atoms with Crippen molar-refractivity contribution in [3.63, 3.8) is 0 Å². The molecule has 2 aliphatic heterocycles. The molecule has 3 aliphatic rings. The molecule has 0 unspecified atom stereocenters. The van der Waals surface area contributed by atoms with Gasteiger partial charge in [-0.05, 0) is 32.9 Å². The summed E-state index contributed by atoms with van der Waals surface area (Å²) in [6.45, 7) is 4.91. The molecule has 0 radical (unpaired) electrons. The van der Waals surface area contributed by atoms with E-state index in [4.69, 9.17) is 9.82 Å². The molecule has 2 fully saturated rings. The van der Waals surface area contributed by atoms with Crippen LogP contribution in [0.4, 0.5) is 5.69 Å². The second-order valence-corrected chi connectivity index (χ2v) is 8.46. The van der Waals surface area contributed by atoms with Crippen LogP contribution in [0.1, 0.15) is 63.9 Å². The molecular formula is C21H31ClN6O. The predicted octanol–water partition coefficient (Wildman–Crippen LogP) is 3.86. The number of halogens is 1. The van der Waals surface area contributed by atoms with E-state index in [1.165, 1.54) is 32.1 Å². The maximum atomic E-state index is 6.00. The molecular weight excluding hydrogens is 388 g/mol. The van der Waals surface area contributed by atoms with Crippen LogP contribution >= 0.6 is 12.4 Å². The summed E-state index contributed by atoms with van der Waals surface area (Å²) in [6, 6.07) is 0.513. The average molecular weight is 419 g/mol. The number of nitrogens with zero attached hydrogens (tertiary/aromatic N) is 4. The predicted molar refractivity (Wildman–Crippen MR) is 118 cm³/mol. The summed E-state index contributed by atoms with van der Waals surface area (Å²) < 4.78 is 1.96. The van der Waals surface area contributed by atoms with E-state index in [2.05, 4.69) is 27.8 Å². The fourth-order valence-corrected chi connectivity index (χ4v) is 4.90. The summed E-state index contributed by atoms with van der Waals surface area (Å²) >= 11 is 0. The van der Waals surface area contributed by atoms with Crippen LogP contribution in [-0.2, 0) is 11.4 Å². The molecule has 0 aromatic carbocycles. The topological polar surface area (TPSA) is 76.4 Å². The number of aromatic nitrogens is 3. The number of oxime groups is 1. The van der Waals surface area contributed by atoms with Gasteiger partial charge in [0.2, 0.25) is 0 Å². The smallest absolute Gasteiger partial charge is 0.159 e. The Balaban J connectivity index is 0.00000205. The van der Waals surface area contributed by atoms with Gasteiger partial charge in [0.15, 0.2) is 5.65 Å². The van der Waals surface area contributed by atoms with Crippen LogP contribution in [-0.4, -0.2) is 45.2 Å². The van der Waals surface area contributed by atoms with Gasteiger partial charge in [-0.1, -0.05) is 24.4 Å². The zero-order chi connectivity index (χ0) is 19.0. The molecule has 5 rings (SSSR count). The summed E-state index contributed by atoms with van der Waals surface area (Å²) in [5.74, 6) is 0. The Labute approximate surface area is 178 Å². The minimum absolute atomic E-state index is 0. The average Bonchev–Trinajstić information content (AvgIpc) is 3.34. The van der Waals surface area contributed by atoms with Gasteiger partial charge < -0.3 is 15.5 Å². The van der Waals surface area contributed by atoms with E-state index in [-0.39, 0.29) is 18.0 Å². The van der Waals surface area contributed by atoms with E-state index in [9.17, 15) is 0 Å². The maximum absolute atomic E-state index is 6.00. The van der Waals surface area contributed by atoms with Crippen LogP contribution in [0.3, 0.4) is 0 Å². The highest BCUT2D eigenvalue weighted by molar-refractivity contribution is 6.10. The Morgan fingerprint density at radius 1 is 1.21 bits per heavy atom. The van der Waals surface area contributed by atoms with Gasteiger partial charge in [0.05, 0.1) is 23.0 Å². The highest BCUT2D eigenvalue weighted by Gasteiger charge is 2.41. The molecule has 1 spiro atoms. The van der Waals surface area contributed by atoms with Crippen molar-refractivity contribution in [2.75, 3.05) is 18.4 Å². The van der Waals surface area contributed by atoms with Crippen LogP contribution < -0.4 is 10.6 Å². The Bertz CT molecular complexity index is 883. The SMILES string of the molecule is CCn1ncc2c(NC3CCCCC3)c(C3=NOC4(CCNCC4)C3)cnc21.Cl. The number of nitrogens with one attached hydrogen (secondary N) is 2. The lowest BCUT2D eigenvalue weighted by molar-refractivity contribution is -0.0400. The van der Waals surface area contributed by atoms with Crippen molar-refractivity contribution in [2.45, 2.75) is 76.5 Å². The summed E-state index contributed by atoms with van der Waals surface area (Å²) in [4.78, 5) is 10.8. The molecule has 1 saturated carbocycles. The lowest BCUT2D eigenvalue weighted by atomic mass is 9.86. The van der Waals surface area contributed by atoms with Gasteiger partial charge in [0, 0.05) is 43.6 Å². The summed E-state index contributed by atoms with van der Waals surface area (Å²) in [5, 5.41) is 17.5. The van der Waals surface area contributed by atoms with Gasteiger partial charge >= 0.3 is 0 Å². The zero-order valence-electron chi connectivity index (χ0n) is 17.1. The van der Waals surface area contributed by atoms with E-state index >= 15 is 0 Å². The summed E-state index contributed by atoms with van der Waals surface area (Å²) in [7, 11) is 0. The lowest BCUT2D eigenvalue weighted by Crippen LogP contribution is -2.42. The standard InChI is InChI=1S/C21H30N6O.ClH/c1-2-27-20-17(14-24-27)19(25-15-6-4-3-5-7-15)16(13-23-20)18-12-21(28-26-18)8-10-22-11-9-21;/h13-15,22H,2-12H2,1H3,(H,23,25);1H. The third-order valence-electron chi connectivity index (χ3n) is 6.58. The largest absolute Gasteiger partial charge is 0.388 e. The fraction of sp³-hybridized carbons (Fsp3) is 0.667. The molecule has 29 heavy (non-hydrogen) atoms. The van der Waals surface area contributed by atoms with Crippen molar-refractivity contribution in [2.24, 2.45) is 5.16 Å². The molecule has 158 valence electrons. The Morgan fingerprint density at radius 2 is 2.00 bits per heavy atom. The molecule has 4 heterocycles. The van der Waals surface area contributed by atoms with E-state index in [1.807, 2.05) is 17.1 Å². The van der Waals surface area contributed by atoms with Gasteiger partial charge in [-0.3, -0.25) is 0 Å². The Kier molecular flexibility index (Phi) is 5.97. The van der Waals surface area contributed by atoms with Gasteiger partial charge in [-0.15, -0.1) is 12.4 Å². The number of hydrogen-bond acceptors (Lipinski definition) is 6. The first-order valence-corrected chi connectivity index (χ1v) is 10.9. The fourth-order valence-electron chi connectivity index (χ4n) is 4.90. The third kappa shape index (κ3) is 3.82. The van der Waals surface area contributed by atoms with E-state index in [0.717, 1.165) is 66.9 Å². The Hall–Kier alpha value is -1.86. The monoisotopic (exact) mass is 418 g/mol. The number of anilines is 1. The van der Waals surface area contributed by atoms with Crippen molar-refractivity contribution < 1.29 is 4.84 Å². The van der Waals surface area contributed by atoms with Gasteiger partial charge in [-0.25, -0.2) is 9.67 Å². The molecule has 2 N–H and O–H groups in total. The summed E-state index contributed by atoms with van der Waals surface area (Å²) in [6.07, 6.45) is 13.2. The molecule has 0 bridgehead atoms. The number of rotatable bonds is 4. The van der Waals surface area contributed by atoms with Crippen molar-refractivity contribution >= 4 is 34.8 Å². The molecule has 7 nitrogen and oxygen atoms in total. The number of fused-ring (bicyclic) bond motifs is 1. The van der Waals surface area contributed by atoms with E-state index in [0.29, 0.717) is 6.04 Å². The molecule has 0 atom stereocenters. The van der Waals surface area contributed by atoms with Crippen molar-refractivity contribution in [3.05, 3.63) is 18.0 Å². The second kappa shape index (κ2) is 8.48. The summed E-state index contributed by atoms with van der Waals surface area (Å²) in [5.41, 5.74) is 4.07. The van der Waals surface area contributed by atoms with Crippen LogP contribution in [0.25, 0.3) is 11.0 Å². The second-order valence-electron chi connectivity index (χ2n) is 8.46. The van der Waals surface area contributed by atoms with Crippen molar-refractivity contribution in [3.8, 4) is 0 Å². The van der Waals surface area contributed by atoms with Gasteiger partial charge in [-0.2, -0.15) is 5.10 Å². The highest BCUT2D eigenvalue weighted by Crippen LogP contribution is 2.38. The van der Waals surface area contributed by atoms with Crippen LogP contribution in [0.15, 0.2) is 17.5 Å². The van der Waals surface area contributed by atoms with E-state index < -0.39 is 0 Å². The molecule has 8 heteroatoms. The molecule has 2 aromatic rings. The van der Waals surface area contributed by atoms with Crippen LogP contribution in [0, 0.1) is 0 Å². The Morgan fingerprint density at radius 3 is 2.76 bits per heavy atom. The van der Waals surface area contributed by atoms with E-state index in [1.54, 1.807) is 0 Å². The first-order valence-electron chi connectivity index (χ1n) is 10.9. The van der Waals surface area contributed by atoms with Crippen molar-refractivity contribution in [1.29, 1.82) is 0 Å². The van der Waals surface area contributed by atoms with Crippen molar-refractivity contribution in [1.82, 2.24) is 20.1 Å². The number of pyridine rings is 1. The van der Waals surface area contributed by atoms with Crippen LogP contribution in [0.2, 0.25) is 0 Å². The third-order valence-corrected chi connectivity index (χ3v) is 6.58. The highest BCUT2D eigenvalue weighted by atomic mass is 35.5. The first-order chi connectivity index (χ1) is 13.8.